The van der Waals surface area contributed by atoms with Gasteiger partial charge in [0.2, 0.25) is 0 Å². The molecule has 1 aliphatic heterocycles. The van der Waals surface area contributed by atoms with E-state index in [0.29, 0.717) is 24.3 Å². The van der Waals surface area contributed by atoms with Crippen LogP contribution in [-0.4, -0.2) is 37.8 Å². The van der Waals surface area contributed by atoms with Gasteiger partial charge in [0.1, 0.15) is 12.5 Å². The summed E-state index contributed by atoms with van der Waals surface area (Å²) < 4.78 is 10.6. The third-order valence-corrected chi connectivity index (χ3v) is 6.25. The van der Waals surface area contributed by atoms with Gasteiger partial charge in [-0.05, 0) is 35.1 Å². The molecule has 0 radical (unpaired) electrons. The Labute approximate surface area is 183 Å². The Morgan fingerprint density at radius 1 is 1.10 bits per heavy atom. The highest BCUT2D eigenvalue weighted by atomic mass is 16.6. The van der Waals surface area contributed by atoms with Gasteiger partial charge in [0.05, 0.1) is 6.61 Å². The van der Waals surface area contributed by atoms with Gasteiger partial charge in [-0.25, -0.2) is 0 Å². The van der Waals surface area contributed by atoms with E-state index in [-0.39, 0.29) is 23.8 Å². The van der Waals surface area contributed by atoms with Crippen LogP contribution in [0.15, 0.2) is 58.7 Å². The molecule has 0 saturated heterocycles. The van der Waals surface area contributed by atoms with Crippen molar-refractivity contribution in [1.82, 2.24) is 0 Å². The van der Waals surface area contributed by atoms with Gasteiger partial charge in [0, 0.05) is 36.4 Å². The molecule has 0 aromatic heterocycles. The summed E-state index contributed by atoms with van der Waals surface area (Å²) in [6.07, 6.45) is 1.17. The molecule has 31 heavy (non-hydrogen) atoms. The van der Waals surface area contributed by atoms with Gasteiger partial charge in [-0.3, -0.25) is 14.6 Å². The lowest BCUT2D eigenvalue weighted by molar-refractivity contribution is -0.147. The van der Waals surface area contributed by atoms with Crippen molar-refractivity contribution in [2.24, 2.45) is 16.3 Å². The number of methoxy groups -OCH3 is 1. The maximum atomic E-state index is 13.4. The Bertz CT molecular complexity index is 1090. The topological polar surface area (TPSA) is 65.0 Å². The summed E-state index contributed by atoms with van der Waals surface area (Å²) in [6.45, 7) is 6.56. The Morgan fingerprint density at radius 2 is 1.84 bits per heavy atom. The number of fused-ring (bicyclic) bond motifs is 1. The molecule has 1 aliphatic carbocycles. The molecule has 0 saturated carbocycles. The fourth-order valence-electron chi connectivity index (χ4n) is 4.92. The van der Waals surface area contributed by atoms with Crippen LogP contribution in [0.25, 0.3) is 10.8 Å². The Balaban J connectivity index is 1.88. The van der Waals surface area contributed by atoms with E-state index >= 15 is 0 Å². The van der Waals surface area contributed by atoms with Gasteiger partial charge >= 0.3 is 5.97 Å². The second kappa shape index (κ2) is 8.39. The van der Waals surface area contributed by atoms with Crippen molar-refractivity contribution >= 4 is 28.2 Å². The minimum Gasteiger partial charge on any atom is -0.463 e. The highest BCUT2D eigenvalue weighted by Gasteiger charge is 2.46. The molecule has 0 spiro atoms. The van der Waals surface area contributed by atoms with E-state index in [9.17, 15) is 9.59 Å². The summed E-state index contributed by atoms with van der Waals surface area (Å²) in [5.41, 5.74) is 3.02. The van der Waals surface area contributed by atoms with Crippen LogP contribution in [0.1, 0.15) is 45.1 Å². The highest BCUT2D eigenvalue weighted by Crippen LogP contribution is 2.49. The van der Waals surface area contributed by atoms with E-state index in [1.165, 1.54) is 0 Å². The van der Waals surface area contributed by atoms with E-state index in [1.54, 1.807) is 7.11 Å². The van der Waals surface area contributed by atoms with Gasteiger partial charge in [0.25, 0.3) is 0 Å². The SMILES string of the molecule is COCCOC(=O)C1C(C)=NC2=C(C(=O)CC(C)(C)C2)[C@@H]1c1cccc2ccccc12. The zero-order chi connectivity index (χ0) is 22.2. The quantitative estimate of drug-likeness (QED) is 0.513. The van der Waals surface area contributed by atoms with Gasteiger partial charge in [0.15, 0.2) is 5.78 Å². The first-order valence-corrected chi connectivity index (χ1v) is 10.8. The number of carbonyl (C=O) groups is 2. The van der Waals surface area contributed by atoms with Gasteiger partial charge < -0.3 is 9.47 Å². The predicted octanol–water partition coefficient (Wildman–Crippen LogP) is 4.85. The highest BCUT2D eigenvalue weighted by molar-refractivity contribution is 6.10. The smallest absolute Gasteiger partial charge is 0.315 e. The number of allylic oxidation sites excluding steroid dienone is 2. The van der Waals surface area contributed by atoms with Crippen LogP contribution in [0.4, 0.5) is 0 Å². The second-order valence-corrected chi connectivity index (χ2v) is 9.24. The van der Waals surface area contributed by atoms with E-state index in [1.807, 2.05) is 31.2 Å². The van der Waals surface area contributed by atoms with E-state index in [2.05, 4.69) is 32.0 Å². The van der Waals surface area contributed by atoms with Crippen molar-refractivity contribution in [3.8, 4) is 0 Å². The number of aliphatic imine (C=N–C) groups is 1. The number of carbonyl (C=O) groups excluding carboxylic acids is 2. The van der Waals surface area contributed by atoms with Crippen LogP contribution < -0.4 is 0 Å². The molecule has 5 nitrogen and oxygen atoms in total. The number of rotatable bonds is 5. The van der Waals surface area contributed by atoms with Gasteiger partial charge in [-0.2, -0.15) is 0 Å². The van der Waals surface area contributed by atoms with Crippen molar-refractivity contribution in [1.29, 1.82) is 0 Å². The minimum atomic E-state index is -0.633. The molecule has 0 amide bonds. The van der Waals surface area contributed by atoms with E-state index < -0.39 is 11.8 Å². The molecular weight excluding hydrogens is 390 g/mol. The maximum Gasteiger partial charge on any atom is 0.315 e. The normalized spacial score (nSPS) is 22.8. The molecule has 2 aromatic carbocycles. The number of ether oxygens (including phenoxy) is 2. The molecule has 162 valence electrons. The molecule has 0 N–H and O–H groups in total. The standard InChI is InChI=1S/C26H29NO4/c1-16-22(25(29)31-13-12-30-4)23(19-11-7-9-17-8-5-6-10-18(17)19)24-20(27-16)14-26(2,3)15-21(24)28/h5-11,22-23H,12-15H2,1-4H3/t22?,23-/m1/s1. The molecule has 2 atom stereocenters. The third-order valence-electron chi connectivity index (χ3n) is 6.25. The first-order chi connectivity index (χ1) is 14.8. The monoisotopic (exact) mass is 419 g/mol. The zero-order valence-electron chi connectivity index (χ0n) is 18.6. The summed E-state index contributed by atoms with van der Waals surface area (Å²) in [5.74, 6) is -1.32. The van der Waals surface area contributed by atoms with E-state index in [0.717, 1.165) is 28.5 Å². The Hall–Kier alpha value is -2.79. The number of nitrogens with zero attached hydrogens (tertiary/aromatic N) is 1. The number of hydrogen-bond acceptors (Lipinski definition) is 5. The van der Waals surface area contributed by atoms with Crippen molar-refractivity contribution in [2.45, 2.75) is 39.5 Å². The van der Waals surface area contributed by atoms with Crippen molar-refractivity contribution in [3.05, 3.63) is 59.3 Å². The summed E-state index contributed by atoms with van der Waals surface area (Å²) in [4.78, 5) is 31.4. The molecule has 0 fully saturated rings. The summed E-state index contributed by atoms with van der Waals surface area (Å²) >= 11 is 0. The number of Topliss-reactive ketones (excluding diaryl/α,β-unsaturated/α-hetero) is 1. The van der Waals surface area contributed by atoms with Gasteiger partial charge in [-0.15, -0.1) is 0 Å². The molecule has 2 aromatic rings. The molecule has 4 rings (SSSR count). The Kier molecular flexibility index (Phi) is 5.80. The number of esters is 1. The fourth-order valence-corrected chi connectivity index (χ4v) is 4.92. The van der Waals surface area contributed by atoms with Crippen molar-refractivity contribution < 1.29 is 19.1 Å². The van der Waals surface area contributed by atoms with Crippen LogP contribution >= 0.6 is 0 Å². The summed E-state index contributed by atoms with van der Waals surface area (Å²) in [6, 6.07) is 14.2. The molecule has 5 heteroatoms. The number of ketones is 1. The maximum absolute atomic E-state index is 13.4. The minimum absolute atomic E-state index is 0.0788. The van der Waals surface area contributed by atoms with Crippen LogP contribution in [0.5, 0.6) is 0 Å². The lowest BCUT2D eigenvalue weighted by Crippen LogP contribution is -2.39. The average molecular weight is 420 g/mol. The number of hydrogen-bond donors (Lipinski definition) is 0. The molecule has 1 heterocycles. The Morgan fingerprint density at radius 3 is 2.61 bits per heavy atom. The molecular formula is C26H29NO4. The molecule has 1 unspecified atom stereocenters. The van der Waals surface area contributed by atoms with Crippen LogP contribution in [-0.2, 0) is 19.1 Å². The van der Waals surface area contributed by atoms with Crippen LogP contribution in [0.3, 0.4) is 0 Å². The lowest BCUT2D eigenvalue weighted by atomic mass is 9.66. The lowest BCUT2D eigenvalue weighted by Gasteiger charge is -2.39. The van der Waals surface area contributed by atoms with Crippen LogP contribution in [0, 0.1) is 11.3 Å². The zero-order valence-corrected chi connectivity index (χ0v) is 18.6. The summed E-state index contributed by atoms with van der Waals surface area (Å²) in [7, 11) is 1.57. The first kappa shape index (κ1) is 21.4. The molecule has 0 bridgehead atoms. The van der Waals surface area contributed by atoms with Crippen molar-refractivity contribution in [2.75, 3.05) is 20.3 Å². The number of benzene rings is 2. The summed E-state index contributed by atoms with van der Waals surface area (Å²) in [5, 5.41) is 2.13. The first-order valence-electron chi connectivity index (χ1n) is 10.8. The largest absolute Gasteiger partial charge is 0.463 e. The van der Waals surface area contributed by atoms with Gasteiger partial charge in [-0.1, -0.05) is 56.3 Å². The predicted molar refractivity (Wildman–Crippen MR) is 121 cm³/mol. The van der Waals surface area contributed by atoms with Crippen molar-refractivity contribution in [3.63, 3.8) is 0 Å². The average Bonchev–Trinajstić information content (AvgIpc) is 2.71. The molecule has 2 aliphatic rings. The fraction of sp³-hybridized carbons (Fsp3) is 0.423. The second-order valence-electron chi connectivity index (χ2n) is 9.24. The third kappa shape index (κ3) is 4.07. The van der Waals surface area contributed by atoms with E-state index in [4.69, 9.17) is 14.5 Å². The van der Waals surface area contributed by atoms with Crippen LogP contribution in [0.2, 0.25) is 0 Å².